The van der Waals surface area contributed by atoms with E-state index >= 15 is 0 Å². The Bertz CT molecular complexity index is 300. The maximum Gasteiger partial charge on any atom is 0.160 e. The van der Waals surface area contributed by atoms with Crippen molar-refractivity contribution in [3.63, 3.8) is 0 Å². The predicted octanol–water partition coefficient (Wildman–Crippen LogP) is 0.0837. The largest absolute Gasteiger partial charge is 0.324 e. The highest BCUT2D eigenvalue weighted by molar-refractivity contribution is 5.82. The molecule has 0 spiro atoms. The molecular formula is C11H17N3O. The maximum atomic E-state index is 11.1. The predicted molar refractivity (Wildman–Crippen MR) is 59.5 cm³/mol. The molecule has 82 valence electrons. The Kier molecular flexibility index (Phi) is 4.93. The highest BCUT2D eigenvalue weighted by Crippen LogP contribution is 1.96. The molecule has 15 heavy (non-hydrogen) atoms. The summed E-state index contributed by atoms with van der Waals surface area (Å²) in [5, 5.41) is 0. The molecule has 0 unspecified atom stereocenters. The normalized spacial score (nSPS) is 10.6. The number of pyridine rings is 1. The molecule has 0 atom stereocenters. The SMILES string of the molecule is CN(CCc1ccccn1)CC(=O)CN. The average molecular weight is 207 g/mol. The van der Waals surface area contributed by atoms with Gasteiger partial charge in [-0.05, 0) is 19.2 Å². The third-order valence-corrected chi connectivity index (χ3v) is 2.15. The Labute approximate surface area is 90.1 Å². The van der Waals surface area contributed by atoms with E-state index in [2.05, 4.69) is 4.98 Å². The Morgan fingerprint density at radius 2 is 2.33 bits per heavy atom. The minimum Gasteiger partial charge on any atom is -0.324 e. The molecule has 0 saturated heterocycles. The number of carbonyl (C=O) groups excluding carboxylic acids is 1. The van der Waals surface area contributed by atoms with Crippen LogP contribution in [0.4, 0.5) is 0 Å². The summed E-state index contributed by atoms with van der Waals surface area (Å²) in [6.07, 6.45) is 2.63. The molecule has 0 radical (unpaired) electrons. The van der Waals surface area contributed by atoms with E-state index in [4.69, 9.17) is 5.73 Å². The molecule has 4 nitrogen and oxygen atoms in total. The summed E-state index contributed by atoms with van der Waals surface area (Å²) in [6.45, 7) is 1.36. The van der Waals surface area contributed by atoms with Crippen LogP contribution in [0, 0.1) is 0 Å². The van der Waals surface area contributed by atoms with Crippen LogP contribution in [-0.4, -0.2) is 42.3 Å². The van der Waals surface area contributed by atoms with Gasteiger partial charge >= 0.3 is 0 Å². The fourth-order valence-electron chi connectivity index (χ4n) is 1.30. The molecule has 0 fully saturated rings. The second-order valence-corrected chi connectivity index (χ2v) is 3.55. The van der Waals surface area contributed by atoms with Gasteiger partial charge in [0.05, 0.1) is 13.1 Å². The van der Waals surface area contributed by atoms with Gasteiger partial charge in [-0.15, -0.1) is 0 Å². The molecule has 1 heterocycles. The van der Waals surface area contributed by atoms with Crippen LogP contribution < -0.4 is 5.73 Å². The minimum absolute atomic E-state index is 0.0681. The number of nitrogens with zero attached hydrogens (tertiary/aromatic N) is 2. The zero-order valence-electron chi connectivity index (χ0n) is 9.02. The summed E-state index contributed by atoms with van der Waals surface area (Å²) < 4.78 is 0. The van der Waals surface area contributed by atoms with Gasteiger partial charge < -0.3 is 5.73 Å². The lowest BCUT2D eigenvalue weighted by atomic mass is 10.2. The van der Waals surface area contributed by atoms with Gasteiger partial charge in [0.25, 0.3) is 0 Å². The van der Waals surface area contributed by atoms with Crippen LogP contribution in [0.15, 0.2) is 24.4 Å². The van der Waals surface area contributed by atoms with E-state index in [-0.39, 0.29) is 12.3 Å². The first kappa shape index (κ1) is 11.8. The highest BCUT2D eigenvalue weighted by atomic mass is 16.1. The molecule has 0 aliphatic rings. The number of nitrogens with two attached hydrogens (primary N) is 1. The Balaban J connectivity index is 2.28. The van der Waals surface area contributed by atoms with E-state index in [0.29, 0.717) is 6.54 Å². The van der Waals surface area contributed by atoms with E-state index in [0.717, 1.165) is 18.7 Å². The fraction of sp³-hybridized carbons (Fsp3) is 0.455. The van der Waals surface area contributed by atoms with Crippen LogP contribution in [-0.2, 0) is 11.2 Å². The molecule has 0 bridgehead atoms. The molecular weight excluding hydrogens is 190 g/mol. The number of Topliss-reactive ketones (excluding diaryl/α,β-unsaturated/α-hetero) is 1. The number of aromatic nitrogens is 1. The van der Waals surface area contributed by atoms with Crippen molar-refractivity contribution in [2.24, 2.45) is 5.73 Å². The first-order valence-electron chi connectivity index (χ1n) is 5.02. The Hall–Kier alpha value is -1.26. The standard InChI is InChI=1S/C11H17N3O/c1-14(9-11(15)8-12)7-5-10-4-2-3-6-13-10/h2-4,6H,5,7-9,12H2,1H3. The summed E-state index contributed by atoms with van der Waals surface area (Å²) >= 11 is 0. The monoisotopic (exact) mass is 207 g/mol. The number of likely N-dealkylation sites (N-methyl/N-ethyl adjacent to an activating group) is 1. The van der Waals surface area contributed by atoms with Crippen molar-refractivity contribution in [3.05, 3.63) is 30.1 Å². The van der Waals surface area contributed by atoms with Gasteiger partial charge in [-0.1, -0.05) is 6.07 Å². The summed E-state index contributed by atoms with van der Waals surface area (Å²) in [5.41, 5.74) is 6.28. The molecule has 0 amide bonds. The van der Waals surface area contributed by atoms with Crippen molar-refractivity contribution in [2.75, 3.05) is 26.7 Å². The van der Waals surface area contributed by atoms with Crippen molar-refractivity contribution in [1.82, 2.24) is 9.88 Å². The maximum absolute atomic E-state index is 11.1. The molecule has 1 rings (SSSR count). The van der Waals surface area contributed by atoms with Crippen molar-refractivity contribution < 1.29 is 4.79 Å². The quantitative estimate of drug-likeness (QED) is 0.718. The van der Waals surface area contributed by atoms with Crippen LogP contribution in [0.5, 0.6) is 0 Å². The van der Waals surface area contributed by atoms with Gasteiger partial charge in [-0.2, -0.15) is 0 Å². The molecule has 2 N–H and O–H groups in total. The van der Waals surface area contributed by atoms with Crippen LogP contribution in [0.3, 0.4) is 0 Å². The average Bonchev–Trinajstić information content (AvgIpc) is 2.27. The van der Waals surface area contributed by atoms with Crippen molar-refractivity contribution in [1.29, 1.82) is 0 Å². The van der Waals surface area contributed by atoms with Gasteiger partial charge in [0.1, 0.15) is 0 Å². The van der Waals surface area contributed by atoms with Crippen LogP contribution in [0.2, 0.25) is 0 Å². The zero-order chi connectivity index (χ0) is 11.1. The summed E-state index contributed by atoms with van der Waals surface area (Å²) in [7, 11) is 1.91. The van der Waals surface area contributed by atoms with Gasteiger partial charge in [0.15, 0.2) is 5.78 Å². The number of hydrogen-bond donors (Lipinski definition) is 1. The third kappa shape index (κ3) is 4.67. The molecule has 4 heteroatoms. The van der Waals surface area contributed by atoms with E-state index in [1.807, 2.05) is 30.1 Å². The zero-order valence-corrected chi connectivity index (χ0v) is 9.02. The molecule has 0 aromatic carbocycles. The lowest BCUT2D eigenvalue weighted by Gasteiger charge is -2.14. The van der Waals surface area contributed by atoms with Crippen molar-refractivity contribution in [3.8, 4) is 0 Å². The number of rotatable bonds is 6. The second kappa shape index (κ2) is 6.27. The lowest BCUT2D eigenvalue weighted by Crippen LogP contribution is -2.31. The second-order valence-electron chi connectivity index (χ2n) is 3.55. The Morgan fingerprint density at radius 3 is 2.93 bits per heavy atom. The van der Waals surface area contributed by atoms with Gasteiger partial charge in [-0.3, -0.25) is 14.7 Å². The topological polar surface area (TPSA) is 59.2 Å². The molecule has 0 aliphatic heterocycles. The Morgan fingerprint density at radius 1 is 1.53 bits per heavy atom. The highest BCUT2D eigenvalue weighted by Gasteiger charge is 2.04. The van der Waals surface area contributed by atoms with Crippen LogP contribution in [0.25, 0.3) is 0 Å². The van der Waals surface area contributed by atoms with Gasteiger partial charge in [0, 0.05) is 24.9 Å². The summed E-state index contributed by atoms with van der Waals surface area (Å²) in [6, 6.07) is 5.84. The molecule has 0 saturated carbocycles. The van der Waals surface area contributed by atoms with Crippen LogP contribution >= 0.6 is 0 Å². The van der Waals surface area contributed by atoms with Gasteiger partial charge in [0.2, 0.25) is 0 Å². The smallest absolute Gasteiger partial charge is 0.160 e. The van der Waals surface area contributed by atoms with E-state index in [1.165, 1.54) is 0 Å². The number of ketones is 1. The fourth-order valence-corrected chi connectivity index (χ4v) is 1.30. The summed E-state index contributed by atoms with van der Waals surface area (Å²) in [4.78, 5) is 17.2. The molecule has 0 aliphatic carbocycles. The molecule has 1 aromatic rings. The van der Waals surface area contributed by atoms with Crippen LogP contribution in [0.1, 0.15) is 5.69 Å². The first-order chi connectivity index (χ1) is 7.22. The first-order valence-corrected chi connectivity index (χ1v) is 5.02. The number of hydrogen-bond acceptors (Lipinski definition) is 4. The van der Waals surface area contributed by atoms with Gasteiger partial charge in [-0.25, -0.2) is 0 Å². The molecule has 1 aromatic heterocycles. The van der Waals surface area contributed by atoms with Crippen molar-refractivity contribution in [2.45, 2.75) is 6.42 Å². The van der Waals surface area contributed by atoms with E-state index in [1.54, 1.807) is 6.20 Å². The van der Waals surface area contributed by atoms with Crippen molar-refractivity contribution >= 4 is 5.78 Å². The summed E-state index contributed by atoms with van der Waals surface area (Å²) in [5.74, 6) is 0.0681. The number of carbonyl (C=O) groups is 1. The van der Waals surface area contributed by atoms with E-state index < -0.39 is 0 Å². The lowest BCUT2D eigenvalue weighted by molar-refractivity contribution is -0.118. The third-order valence-electron chi connectivity index (χ3n) is 2.15. The minimum atomic E-state index is 0.0681. The van der Waals surface area contributed by atoms with E-state index in [9.17, 15) is 4.79 Å².